The standard InChI is InChI=1S/C12H10FNO/c13-9-3-1-2-8(6-9)11-5-4-10(14)7-12(11)15/h1-7,15H,14H2. The Bertz CT molecular complexity index is 497. The molecule has 0 saturated carbocycles. The number of aromatic hydroxyl groups is 1. The Labute approximate surface area is 86.8 Å². The smallest absolute Gasteiger partial charge is 0.125 e. The highest BCUT2D eigenvalue weighted by Gasteiger charge is 2.04. The summed E-state index contributed by atoms with van der Waals surface area (Å²) in [6, 6.07) is 10.8. The molecule has 3 N–H and O–H groups in total. The predicted octanol–water partition coefficient (Wildman–Crippen LogP) is 2.78. The van der Waals surface area contributed by atoms with Crippen molar-refractivity contribution in [3.63, 3.8) is 0 Å². The highest BCUT2D eigenvalue weighted by molar-refractivity contribution is 5.72. The Morgan fingerprint density at radius 3 is 2.53 bits per heavy atom. The molecule has 0 spiro atoms. The van der Waals surface area contributed by atoms with Crippen LogP contribution in [0.2, 0.25) is 0 Å². The Morgan fingerprint density at radius 2 is 1.87 bits per heavy atom. The average Bonchev–Trinajstić information content (AvgIpc) is 2.17. The van der Waals surface area contributed by atoms with Gasteiger partial charge in [0, 0.05) is 17.3 Å². The van der Waals surface area contributed by atoms with Crippen molar-refractivity contribution >= 4 is 5.69 Å². The molecule has 0 saturated heterocycles. The second-order valence-corrected chi connectivity index (χ2v) is 3.29. The molecule has 0 fully saturated rings. The van der Waals surface area contributed by atoms with Gasteiger partial charge in [-0.2, -0.15) is 0 Å². The number of nitrogen functional groups attached to an aromatic ring is 1. The van der Waals surface area contributed by atoms with Crippen LogP contribution in [0.3, 0.4) is 0 Å². The van der Waals surface area contributed by atoms with Gasteiger partial charge in [-0.15, -0.1) is 0 Å². The first-order valence-electron chi connectivity index (χ1n) is 4.51. The van der Waals surface area contributed by atoms with E-state index in [0.717, 1.165) is 0 Å². The lowest BCUT2D eigenvalue weighted by molar-refractivity contribution is 0.477. The van der Waals surface area contributed by atoms with Crippen molar-refractivity contribution < 1.29 is 9.50 Å². The summed E-state index contributed by atoms with van der Waals surface area (Å²) in [6.45, 7) is 0. The Balaban J connectivity index is 2.54. The third-order valence-corrected chi connectivity index (χ3v) is 2.16. The van der Waals surface area contributed by atoms with Crippen LogP contribution >= 0.6 is 0 Å². The molecule has 0 aliphatic carbocycles. The molecule has 3 heteroatoms. The molecular formula is C12H10FNO. The van der Waals surface area contributed by atoms with Crippen molar-refractivity contribution in [2.75, 3.05) is 5.73 Å². The second-order valence-electron chi connectivity index (χ2n) is 3.29. The zero-order chi connectivity index (χ0) is 10.8. The number of nitrogens with two attached hydrogens (primary N) is 1. The first-order valence-corrected chi connectivity index (χ1v) is 4.51. The van der Waals surface area contributed by atoms with E-state index < -0.39 is 0 Å². The largest absolute Gasteiger partial charge is 0.507 e. The summed E-state index contributed by atoms with van der Waals surface area (Å²) < 4.78 is 13.0. The molecule has 0 unspecified atom stereocenters. The Kier molecular flexibility index (Phi) is 2.29. The van der Waals surface area contributed by atoms with Gasteiger partial charge in [-0.3, -0.25) is 0 Å². The van der Waals surface area contributed by atoms with Gasteiger partial charge in [0.25, 0.3) is 0 Å². The van der Waals surface area contributed by atoms with E-state index >= 15 is 0 Å². The van der Waals surface area contributed by atoms with Gasteiger partial charge in [-0.25, -0.2) is 4.39 Å². The number of phenols is 1. The van der Waals surface area contributed by atoms with Crippen LogP contribution in [-0.4, -0.2) is 5.11 Å². The number of halogens is 1. The van der Waals surface area contributed by atoms with Gasteiger partial charge in [0.2, 0.25) is 0 Å². The van der Waals surface area contributed by atoms with E-state index in [4.69, 9.17) is 5.73 Å². The van der Waals surface area contributed by atoms with E-state index in [1.54, 1.807) is 24.3 Å². The minimum Gasteiger partial charge on any atom is -0.507 e. The summed E-state index contributed by atoms with van der Waals surface area (Å²) >= 11 is 0. The molecule has 15 heavy (non-hydrogen) atoms. The summed E-state index contributed by atoms with van der Waals surface area (Å²) in [6.07, 6.45) is 0. The van der Waals surface area contributed by atoms with E-state index in [0.29, 0.717) is 16.8 Å². The molecule has 2 rings (SSSR count). The maximum atomic E-state index is 13.0. The number of phenolic OH excluding ortho intramolecular Hbond substituents is 1. The molecule has 0 aliphatic rings. The normalized spacial score (nSPS) is 10.2. The van der Waals surface area contributed by atoms with Gasteiger partial charge in [-0.05, 0) is 29.8 Å². The van der Waals surface area contributed by atoms with Gasteiger partial charge < -0.3 is 10.8 Å². The fourth-order valence-corrected chi connectivity index (χ4v) is 1.45. The molecule has 0 aliphatic heterocycles. The van der Waals surface area contributed by atoms with Crippen molar-refractivity contribution in [1.82, 2.24) is 0 Å². The van der Waals surface area contributed by atoms with Gasteiger partial charge in [0.05, 0.1) is 0 Å². The van der Waals surface area contributed by atoms with E-state index in [9.17, 15) is 9.50 Å². The third kappa shape index (κ3) is 1.91. The quantitative estimate of drug-likeness (QED) is 0.700. The van der Waals surface area contributed by atoms with Crippen LogP contribution < -0.4 is 5.73 Å². The second kappa shape index (κ2) is 3.61. The van der Waals surface area contributed by atoms with Gasteiger partial charge in [0.1, 0.15) is 11.6 Å². The van der Waals surface area contributed by atoms with Crippen LogP contribution in [0.4, 0.5) is 10.1 Å². The molecule has 2 aromatic carbocycles. The Hall–Kier alpha value is -2.03. The van der Waals surface area contributed by atoms with E-state index in [1.807, 2.05) is 0 Å². The monoisotopic (exact) mass is 203 g/mol. The lowest BCUT2D eigenvalue weighted by atomic mass is 10.0. The number of benzene rings is 2. The van der Waals surface area contributed by atoms with Gasteiger partial charge >= 0.3 is 0 Å². The van der Waals surface area contributed by atoms with E-state index in [2.05, 4.69) is 0 Å². The van der Waals surface area contributed by atoms with Crippen LogP contribution in [-0.2, 0) is 0 Å². The SMILES string of the molecule is Nc1ccc(-c2cccc(F)c2)c(O)c1. The summed E-state index contributed by atoms with van der Waals surface area (Å²) in [4.78, 5) is 0. The van der Waals surface area contributed by atoms with Crippen molar-refractivity contribution in [1.29, 1.82) is 0 Å². The first kappa shape index (κ1) is 9.52. The van der Waals surface area contributed by atoms with Crippen LogP contribution in [0.5, 0.6) is 5.75 Å². The number of rotatable bonds is 1. The molecular weight excluding hydrogens is 193 g/mol. The molecule has 0 heterocycles. The number of anilines is 1. The minimum absolute atomic E-state index is 0.0561. The molecule has 0 radical (unpaired) electrons. The summed E-state index contributed by atoms with van der Waals surface area (Å²) in [5.74, 6) is -0.274. The zero-order valence-electron chi connectivity index (χ0n) is 7.94. The highest BCUT2D eigenvalue weighted by atomic mass is 19.1. The average molecular weight is 203 g/mol. The predicted molar refractivity (Wildman–Crippen MR) is 57.9 cm³/mol. The Morgan fingerprint density at radius 1 is 1.07 bits per heavy atom. The topological polar surface area (TPSA) is 46.2 Å². The molecule has 76 valence electrons. The summed E-state index contributed by atoms with van der Waals surface area (Å²) in [5, 5.41) is 9.63. The van der Waals surface area contributed by atoms with Gasteiger partial charge in [0.15, 0.2) is 0 Å². The molecule has 0 atom stereocenters. The van der Waals surface area contributed by atoms with Crippen molar-refractivity contribution in [3.05, 3.63) is 48.3 Å². The van der Waals surface area contributed by atoms with Crippen LogP contribution in [0.25, 0.3) is 11.1 Å². The van der Waals surface area contributed by atoms with Gasteiger partial charge in [-0.1, -0.05) is 12.1 Å². The van der Waals surface area contributed by atoms with Crippen LogP contribution in [0.1, 0.15) is 0 Å². The minimum atomic E-state index is -0.330. The van der Waals surface area contributed by atoms with Crippen molar-refractivity contribution in [2.45, 2.75) is 0 Å². The molecule has 2 nitrogen and oxygen atoms in total. The van der Waals surface area contributed by atoms with Crippen LogP contribution in [0, 0.1) is 5.82 Å². The fraction of sp³-hybridized carbons (Fsp3) is 0. The van der Waals surface area contributed by atoms with E-state index in [-0.39, 0.29) is 11.6 Å². The maximum absolute atomic E-state index is 13.0. The highest BCUT2D eigenvalue weighted by Crippen LogP contribution is 2.30. The van der Waals surface area contributed by atoms with Crippen molar-refractivity contribution in [2.24, 2.45) is 0 Å². The van der Waals surface area contributed by atoms with Crippen molar-refractivity contribution in [3.8, 4) is 16.9 Å². The zero-order valence-corrected chi connectivity index (χ0v) is 7.94. The molecule has 0 aromatic heterocycles. The van der Waals surface area contributed by atoms with E-state index in [1.165, 1.54) is 18.2 Å². The summed E-state index contributed by atoms with van der Waals surface area (Å²) in [7, 11) is 0. The lowest BCUT2D eigenvalue weighted by Gasteiger charge is -2.05. The third-order valence-electron chi connectivity index (χ3n) is 2.16. The lowest BCUT2D eigenvalue weighted by Crippen LogP contribution is -1.86. The molecule has 0 amide bonds. The maximum Gasteiger partial charge on any atom is 0.125 e. The first-order chi connectivity index (χ1) is 7.16. The molecule has 0 bridgehead atoms. The molecule has 2 aromatic rings. The summed E-state index contributed by atoms with van der Waals surface area (Å²) in [5.41, 5.74) is 7.19. The van der Waals surface area contributed by atoms with Crippen LogP contribution in [0.15, 0.2) is 42.5 Å². The fourth-order valence-electron chi connectivity index (χ4n) is 1.45. The number of hydrogen-bond donors (Lipinski definition) is 2. The number of hydrogen-bond acceptors (Lipinski definition) is 2.